The molecule has 3 rings (SSSR count). The van der Waals surface area contributed by atoms with Crippen molar-refractivity contribution in [2.45, 2.75) is 24.6 Å². The second-order valence-corrected chi connectivity index (χ2v) is 10.3. The van der Waals surface area contributed by atoms with Crippen LogP contribution in [0.3, 0.4) is 0 Å². The van der Waals surface area contributed by atoms with E-state index >= 15 is 0 Å². The summed E-state index contributed by atoms with van der Waals surface area (Å²) < 4.78 is 27.6. The molecule has 1 aromatic heterocycles. The van der Waals surface area contributed by atoms with Crippen molar-refractivity contribution < 1.29 is 18.4 Å². The van der Waals surface area contributed by atoms with Crippen LogP contribution in [0.5, 0.6) is 5.75 Å². The number of hydrogen-bond donors (Lipinski definition) is 2. The number of phenolic OH excluding ortho intramolecular Hbond substituents is 1. The molecule has 0 amide bonds. The van der Waals surface area contributed by atoms with E-state index in [4.69, 9.17) is 11.6 Å². The standard InChI is InChI=1S/C17H21ClN2O3S2/c1-12-9-14(15(21)10-13(12)2)11-19-5-7-20(8-6-19)25(22,23)17-4-3-16(18)24-17/h3-4,9-10,21H,5-8,11H2,1-2H3/p+1. The first-order chi connectivity index (χ1) is 11.8. The average Bonchev–Trinajstić information content (AvgIpc) is 3.00. The van der Waals surface area contributed by atoms with Crippen molar-refractivity contribution >= 4 is 33.0 Å². The van der Waals surface area contributed by atoms with Crippen molar-refractivity contribution in [1.29, 1.82) is 0 Å². The molecule has 0 radical (unpaired) electrons. The van der Waals surface area contributed by atoms with Gasteiger partial charge in [-0.05, 0) is 49.2 Å². The number of nitrogens with zero attached hydrogens (tertiary/aromatic N) is 1. The van der Waals surface area contributed by atoms with Crippen LogP contribution in [0.2, 0.25) is 4.34 Å². The molecule has 1 fully saturated rings. The monoisotopic (exact) mass is 401 g/mol. The van der Waals surface area contributed by atoms with E-state index in [1.807, 2.05) is 19.9 Å². The summed E-state index contributed by atoms with van der Waals surface area (Å²) in [5, 5.41) is 10.1. The number of aromatic hydroxyl groups is 1. The SMILES string of the molecule is Cc1cc(O)c(C[NH+]2CCN(S(=O)(=O)c3ccc(Cl)s3)CC2)cc1C. The number of rotatable bonds is 4. The van der Waals surface area contributed by atoms with Crippen molar-refractivity contribution in [3.05, 3.63) is 45.3 Å². The number of phenols is 1. The Morgan fingerprint density at radius 1 is 1.20 bits per heavy atom. The van der Waals surface area contributed by atoms with Gasteiger partial charge in [-0.3, -0.25) is 0 Å². The van der Waals surface area contributed by atoms with Gasteiger partial charge in [0.25, 0.3) is 10.0 Å². The molecular weight excluding hydrogens is 380 g/mol. The van der Waals surface area contributed by atoms with E-state index in [1.165, 1.54) is 9.21 Å². The number of quaternary nitrogens is 1. The van der Waals surface area contributed by atoms with Gasteiger partial charge in [0.05, 0.1) is 30.5 Å². The van der Waals surface area contributed by atoms with Gasteiger partial charge in [0.15, 0.2) is 0 Å². The summed E-state index contributed by atoms with van der Waals surface area (Å²) in [6, 6.07) is 7.00. The van der Waals surface area contributed by atoms with Crippen LogP contribution in [0, 0.1) is 13.8 Å². The van der Waals surface area contributed by atoms with Crippen LogP contribution in [0.1, 0.15) is 16.7 Å². The number of piperazine rings is 1. The molecule has 0 spiro atoms. The Kier molecular flexibility index (Phi) is 5.41. The lowest BCUT2D eigenvalue weighted by molar-refractivity contribution is -0.917. The second kappa shape index (κ2) is 7.25. The minimum absolute atomic E-state index is 0.299. The lowest BCUT2D eigenvalue weighted by Crippen LogP contribution is -3.13. The third-order valence-corrected chi connectivity index (χ3v) is 8.30. The summed E-state index contributed by atoms with van der Waals surface area (Å²) in [6.07, 6.45) is 0. The van der Waals surface area contributed by atoms with Crippen LogP contribution in [0.25, 0.3) is 0 Å². The molecule has 2 heterocycles. The number of aryl methyl sites for hydroxylation is 2. The van der Waals surface area contributed by atoms with E-state index in [-0.39, 0.29) is 0 Å². The zero-order valence-electron chi connectivity index (χ0n) is 14.3. The first kappa shape index (κ1) is 18.7. The van der Waals surface area contributed by atoms with E-state index in [1.54, 1.807) is 18.2 Å². The normalized spacial score (nSPS) is 17.1. The second-order valence-electron chi connectivity index (χ2n) is 6.45. The molecule has 0 atom stereocenters. The van der Waals surface area contributed by atoms with Gasteiger partial charge >= 0.3 is 0 Å². The smallest absolute Gasteiger partial charge is 0.253 e. The third-order valence-electron chi connectivity index (χ3n) is 4.71. The molecule has 2 N–H and O–H groups in total. The summed E-state index contributed by atoms with van der Waals surface area (Å²) in [6.45, 7) is 7.08. The average molecular weight is 402 g/mol. The number of sulfonamides is 1. The van der Waals surface area contributed by atoms with E-state index in [0.29, 0.717) is 47.0 Å². The maximum atomic E-state index is 12.6. The number of hydrogen-bond acceptors (Lipinski definition) is 4. The number of benzene rings is 1. The van der Waals surface area contributed by atoms with E-state index in [9.17, 15) is 13.5 Å². The van der Waals surface area contributed by atoms with Gasteiger partial charge in [-0.2, -0.15) is 4.31 Å². The van der Waals surface area contributed by atoms with Crippen molar-refractivity contribution in [2.24, 2.45) is 0 Å². The van der Waals surface area contributed by atoms with Gasteiger partial charge in [-0.1, -0.05) is 11.6 Å². The van der Waals surface area contributed by atoms with Crippen LogP contribution in [-0.4, -0.2) is 44.0 Å². The molecular formula is C17H22ClN2O3S2+. The van der Waals surface area contributed by atoms with Gasteiger partial charge < -0.3 is 10.0 Å². The quantitative estimate of drug-likeness (QED) is 0.821. The van der Waals surface area contributed by atoms with Crippen LogP contribution in [0.15, 0.2) is 28.5 Å². The third kappa shape index (κ3) is 4.01. The van der Waals surface area contributed by atoms with Crippen molar-refractivity contribution in [1.82, 2.24) is 4.31 Å². The number of halogens is 1. The predicted molar refractivity (Wildman–Crippen MR) is 100 cm³/mol. The van der Waals surface area contributed by atoms with Gasteiger partial charge in [-0.25, -0.2) is 8.42 Å². The van der Waals surface area contributed by atoms with E-state index in [0.717, 1.165) is 28.0 Å². The fourth-order valence-corrected chi connectivity index (χ4v) is 6.13. The Morgan fingerprint density at radius 3 is 2.44 bits per heavy atom. The summed E-state index contributed by atoms with van der Waals surface area (Å²) in [5.41, 5.74) is 3.14. The highest BCUT2D eigenvalue weighted by atomic mass is 35.5. The zero-order chi connectivity index (χ0) is 18.2. The van der Waals surface area contributed by atoms with Crippen molar-refractivity contribution in [3.63, 3.8) is 0 Å². The van der Waals surface area contributed by atoms with Crippen LogP contribution in [0.4, 0.5) is 0 Å². The Labute approximate surface area is 157 Å². The molecule has 1 saturated heterocycles. The van der Waals surface area contributed by atoms with Gasteiger partial charge in [0.1, 0.15) is 16.5 Å². The van der Waals surface area contributed by atoms with Gasteiger partial charge in [-0.15, -0.1) is 11.3 Å². The van der Waals surface area contributed by atoms with Crippen molar-refractivity contribution in [2.75, 3.05) is 26.2 Å². The predicted octanol–water partition coefficient (Wildman–Crippen LogP) is 1.81. The molecule has 0 saturated carbocycles. The molecule has 0 aliphatic carbocycles. The fourth-order valence-electron chi connectivity index (χ4n) is 3.05. The highest BCUT2D eigenvalue weighted by Crippen LogP contribution is 2.28. The summed E-state index contributed by atoms with van der Waals surface area (Å²) >= 11 is 6.96. The fraction of sp³-hybridized carbons (Fsp3) is 0.412. The molecule has 1 aliphatic heterocycles. The molecule has 136 valence electrons. The molecule has 1 aliphatic rings. The molecule has 25 heavy (non-hydrogen) atoms. The zero-order valence-corrected chi connectivity index (χ0v) is 16.6. The molecule has 8 heteroatoms. The summed E-state index contributed by atoms with van der Waals surface area (Å²) in [4.78, 5) is 1.27. The lowest BCUT2D eigenvalue weighted by atomic mass is 10.0. The summed E-state index contributed by atoms with van der Waals surface area (Å²) in [7, 11) is -3.45. The first-order valence-corrected chi connectivity index (χ1v) is 10.8. The van der Waals surface area contributed by atoms with E-state index < -0.39 is 10.0 Å². The summed E-state index contributed by atoms with van der Waals surface area (Å²) in [5.74, 6) is 0.318. The molecule has 1 aromatic carbocycles. The molecule has 0 unspecified atom stereocenters. The minimum Gasteiger partial charge on any atom is -0.507 e. The van der Waals surface area contributed by atoms with Gasteiger partial charge in [0, 0.05) is 5.56 Å². The molecule has 0 bridgehead atoms. The van der Waals surface area contributed by atoms with Crippen molar-refractivity contribution in [3.8, 4) is 5.75 Å². The van der Waals surface area contributed by atoms with E-state index in [2.05, 4.69) is 0 Å². The van der Waals surface area contributed by atoms with Crippen LogP contribution >= 0.6 is 22.9 Å². The topological polar surface area (TPSA) is 62.1 Å². The van der Waals surface area contributed by atoms with Gasteiger partial charge in [0.2, 0.25) is 0 Å². The number of nitrogens with one attached hydrogen (secondary N) is 1. The Bertz CT molecular complexity index is 872. The highest BCUT2D eigenvalue weighted by molar-refractivity contribution is 7.91. The van der Waals surface area contributed by atoms with Crippen LogP contribution in [-0.2, 0) is 16.6 Å². The minimum atomic E-state index is -3.45. The lowest BCUT2D eigenvalue weighted by Gasteiger charge is -2.31. The molecule has 5 nitrogen and oxygen atoms in total. The maximum absolute atomic E-state index is 12.6. The Morgan fingerprint density at radius 2 is 1.84 bits per heavy atom. The van der Waals surface area contributed by atoms with Crippen LogP contribution < -0.4 is 4.90 Å². The Balaban J connectivity index is 1.65. The first-order valence-electron chi connectivity index (χ1n) is 8.15. The molecule has 2 aromatic rings. The largest absolute Gasteiger partial charge is 0.507 e. The Hall–Kier alpha value is -1.12. The number of thiophene rings is 1. The maximum Gasteiger partial charge on any atom is 0.253 e. The highest BCUT2D eigenvalue weighted by Gasteiger charge is 2.31.